The van der Waals surface area contributed by atoms with E-state index in [9.17, 15) is 24.9 Å². The molecule has 6 heteroatoms. The lowest BCUT2D eigenvalue weighted by Gasteiger charge is -2.68. The van der Waals surface area contributed by atoms with Gasteiger partial charge in [-0.05, 0) is 30.1 Å². The highest BCUT2D eigenvalue weighted by Crippen LogP contribution is 2.66. The fourth-order valence-electron chi connectivity index (χ4n) is 6.70. The number of hydrogen-bond acceptors (Lipinski definition) is 6. The molecule has 0 aromatic carbocycles. The third-order valence-corrected chi connectivity index (χ3v) is 8.15. The van der Waals surface area contributed by atoms with Crippen LogP contribution in [0.2, 0.25) is 0 Å². The third-order valence-electron chi connectivity index (χ3n) is 8.15. The highest BCUT2D eigenvalue weighted by atomic mass is 16.6. The topological polar surface area (TPSA) is 104 Å². The Morgan fingerprint density at radius 2 is 1.86 bits per heavy atom. The van der Waals surface area contributed by atoms with Crippen LogP contribution in [-0.4, -0.2) is 51.0 Å². The van der Waals surface area contributed by atoms with Crippen LogP contribution in [0.4, 0.5) is 0 Å². The fourth-order valence-corrected chi connectivity index (χ4v) is 6.70. The van der Waals surface area contributed by atoms with Gasteiger partial charge in [-0.15, -0.1) is 6.58 Å². The summed E-state index contributed by atoms with van der Waals surface area (Å²) in [4.78, 5) is 25.3. The number of hydrogen-bond donors (Lipinski definition) is 3. The quantitative estimate of drug-likeness (QED) is 0.489. The molecule has 0 aliphatic heterocycles. The molecule has 0 heterocycles. The Kier molecular flexibility index (Phi) is 4.89. The predicted octanol–water partition coefficient (Wildman–Crippen LogP) is 2.00. The number of rotatable bonds is 2. The zero-order chi connectivity index (χ0) is 21.3. The summed E-state index contributed by atoms with van der Waals surface area (Å²) in [5, 5.41) is 34.4. The number of Topliss-reactive ketones (excluding diaryl/α,β-unsaturated/α-hetero) is 1. The Bertz CT molecular complexity index is 701. The van der Waals surface area contributed by atoms with Crippen molar-refractivity contribution in [3.63, 3.8) is 0 Å². The number of carbonyl (C=O) groups excluding carboxylic acids is 2. The highest BCUT2D eigenvalue weighted by Gasteiger charge is 2.75. The maximum atomic E-state index is 13.4. The summed E-state index contributed by atoms with van der Waals surface area (Å²) in [7, 11) is 0. The van der Waals surface area contributed by atoms with Crippen LogP contribution in [0.25, 0.3) is 0 Å². The Balaban J connectivity index is 2.24. The summed E-state index contributed by atoms with van der Waals surface area (Å²) in [5.74, 6) is -2.37. The average Bonchev–Trinajstić information content (AvgIpc) is 2.58. The molecule has 0 amide bonds. The van der Waals surface area contributed by atoms with Gasteiger partial charge in [-0.2, -0.15) is 0 Å². The Morgan fingerprint density at radius 1 is 1.25 bits per heavy atom. The fraction of sp³-hybridized carbons (Fsp3) is 0.818. The van der Waals surface area contributed by atoms with E-state index in [1.807, 2.05) is 20.8 Å². The first-order valence-corrected chi connectivity index (χ1v) is 10.2. The van der Waals surface area contributed by atoms with Crippen molar-refractivity contribution in [1.82, 2.24) is 0 Å². The van der Waals surface area contributed by atoms with Crippen LogP contribution in [0, 0.1) is 28.1 Å². The zero-order valence-electron chi connectivity index (χ0n) is 17.6. The number of ether oxygens (including phenoxy) is 1. The molecule has 3 aliphatic rings. The van der Waals surface area contributed by atoms with E-state index in [0.717, 1.165) is 0 Å². The first-order chi connectivity index (χ1) is 12.7. The molecule has 3 N–H and O–H groups in total. The van der Waals surface area contributed by atoms with Crippen LogP contribution in [0.15, 0.2) is 12.7 Å². The average molecular weight is 395 g/mol. The van der Waals surface area contributed by atoms with Crippen molar-refractivity contribution >= 4 is 11.8 Å². The molecular formula is C22H34O6. The van der Waals surface area contributed by atoms with Gasteiger partial charge in [0, 0.05) is 30.6 Å². The smallest absolute Gasteiger partial charge is 0.303 e. The van der Waals surface area contributed by atoms with Gasteiger partial charge in [0.15, 0.2) is 5.78 Å². The number of esters is 1. The number of aliphatic hydroxyl groups is 3. The van der Waals surface area contributed by atoms with E-state index in [-0.39, 0.29) is 12.2 Å². The summed E-state index contributed by atoms with van der Waals surface area (Å²) in [5.41, 5.74) is -4.16. The van der Waals surface area contributed by atoms with Crippen molar-refractivity contribution in [3.8, 4) is 0 Å². The predicted molar refractivity (Wildman–Crippen MR) is 103 cm³/mol. The first-order valence-electron chi connectivity index (χ1n) is 10.2. The highest BCUT2D eigenvalue weighted by molar-refractivity contribution is 5.91. The molecule has 3 rings (SSSR count). The van der Waals surface area contributed by atoms with Gasteiger partial charge < -0.3 is 20.1 Å². The summed E-state index contributed by atoms with van der Waals surface area (Å²) < 4.78 is 5.53. The van der Waals surface area contributed by atoms with Crippen LogP contribution >= 0.6 is 0 Å². The van der Waals surface area contributed by atoms with Crippen LogP contribution in [0.3, 0.4) is 0 Å². The number of ketones is 1. The minimum atomic E-state index is -1.89. The van der Waals surface area contributed by atoms with Gasteiger partial charge in [0.1, 0.15) is 11.7 Å². The van der Waals surface area contributed by atoms with Gasteiger partial charge in [0.2, 0.25) is 0 Å². The molecule has 6 nitrogen and oxygen atoms in total. The van der Waals surface area contributed by atoms with Crippen LogP contribution in [0.1, 0.15) is 60.3 Å². The van der Waals surface area contributed by atoms with Gasteiger partial charge in [-0.3, -0.25) is 9.59 Å². The number of aliphatic hydroxyl groups excluding tert-OH is 2. The first kappa shape index (κ1) is 21.5. The molecule has 28 heavy (non-hydrogen) atoms. The Morgan fingerprint density at radius 3 is 2.39 bits per heavy atom. The zero-order valence-corrected chi connectivity index (χ0v) is 17.6. The summed E-state index contributed by atoms with van der Waals surface area (Å²) >= 11 is 0. The molecule has 0 unspecified atom stereocenters. The lowest BCUT2D eigenvalue weighted by Crippen LogP contribution is -2.79. The van der Waals surface area contributed by atoms with E-state index >= 15 is 0 Å². The Hall–Kier alpha value is -1.24. The maximum Gasteiger partial charge on any atom is 0.303 e. The standard InChI is InChI=1S/C22H34O6/c1-7-20(5)10-13-17(28-12(2)23)16(26)18-19(3,4)9-8-14(24)21(18,6)22(13,27)15(25)11-20/h7,13-14,16-18,24,26-27H,1,8-11H2,2-6H3/t13-,14+,16-,17-,18+,20-,21+,22+/m1/s1. The monoisotopic (exact) mass is 394 g/mol. The van der Waals surface area contributed by atoms with Gasteiger partial charge in [0.05, 0.1) is 12.2 Å². The largest absolute Gasteiger partial charge is 0.459 e. The van der Waals surface area contributed by atoms with Crippen molar-refractivity contribution in [2.45, 2.75) is 84.2 Å². The van der Waals surface area contributed by atoms with Crippen molar-refractivity contribution in [2.24, 2.45) is 28.1 Å². The van der Waals surface area contributed by atoms with E-state index in [4.69, 9.17) is 4.74 Å². The molecule has 0 aromatic rings. The molecule has 3 saturated carbocycles. The van der Waals surface area contributed by atoms with Crippen LogP contribution in [-0.2, 0) is 14.3 Å². The lowest BCUT2D eigenvalue weighted by molar-refractivity contribution is -0.304. The van der Waals surface area contributed by atoms with E-state index in [1.54, 1.807) is 13.0 Å². The van der Waals surface area contributed by atoms with E-state index in [0.29, 0.717) is 19.3 Å². The molecule has 0 aromatic heterocycles. The minimum Gasteiger partial charge on any atom is -0.459 e. The summed E-state index contributed by atoms with van der Waals surface area (Å²) in [6.45, 7) is 12.6. The van der Waals surface area contributed by atoms with E-state index in [2.05, 4.69) is 6.58 Å². The molecule has 0 radical (unpaired) electrons. The Labute approximate surface area is 167 Å². The molecule has 3 fully saturated rings. The second kappa shape index (κ2) is 6.38. The van der Waals surface area contributed by atoms with Gasteiger partial charge in [-0.25, -0.2) is 0 Å². The van der Waals surface area contributed by atoms with Gasteiger partial charge >= 0.3 is 5.97 Å². The van der Waals surface area contributed by atoms with Crippen molar-refractivity contribution in [3.05, 3.63) is 12.7 Å². The lowest BCUT2D eigenvalue weighted by atomic mass is 9.39. The molecule has 8 atom stereocenters. The van der Waals surface area contributed by atoms with Crippen molar-refractivity contribution in [1.29, 1.82) is 0 Å². The van der Waals surface area contributed by atoms with Crippen molar-refractivity contribution in [2.75, 3.05) is 0 Å². The second-order valence-corrected chi connectivity index (χ2v) is 10.4. The molecule has 3 aliphatic carbocycles. The minimum absolute atomic E-state index is 0.0991. The number of allylic oxidation sites excluding steroid dienone is 1. The second-order valence-electron chi connectivity index (χ2n) is 10.4. The van der Waals surface area contributed by atoms with E-state index < -0.39 is 58.0 Å². The summed E-state index contributed by atoms with van der Waals surface area (Å²) in [6, 6.07) is 0. The molecule has 158 valence electrons. The summed E-state index contributed by atoms with van der Waals surface area (Å²) in [6.07, 6.45) is 0.146. The van der Waals surface area contributed by atoms with Crippen LogP contribution < -0.4 is 0 Å². The van der Waals surface area contributed by atoms with Gasteiger partial charge in [0.25, 0.3) is 0 Å². The van der Waals surface area contributed by atoms with Crippen molar-refractivity contribution < 1.29 is 29.6 Å². The maximum absolute atomic E-state index is 13.4. The molecule has 0 bridgehead atoms. The third kappa shape index (κ3) is 2.64. The number of fused-ring (bicyclic) bond motifs is 3. The SMILES string of the molecule is C=C[C@@]1(C)CC(=O)[C@@]2(O)[C@H](C1)[C@@H](OC(C)=O)[C@@H](O)[C@H]1C(C)(C)CC[C@H](O)[C@@]12C. The normalized spacial score (nSPS) is 50.3. The van der Waals surface area contributed by atoms with Gasteiger partial charge in [-0.1, -0.05) is 33.8 Å². The molecular weight excluding hydrogens is 360 g/mol. The van der Waals surface area contributed by atoms with E-state index in [1.165, 1.54) is 6.92 Å². The molecule has 0 spiro atoms. The molecule has 0 saturated heterocycles. The number of carbonyl (C=O) groups is 2. The van der Waals surface area contributed by atoms with Crippen LogP contribution in [0.5, 0.6) is 0 Å².